The van der Waals surface area contributed by atoms with E-state index < -0.39 is 6.36 Å². The lowest BCUT2D eigenvalue weighted by Crippen LogP contribution is -2.16. The van der Waals surface area contributed by atoms with Gasteiger partial charge in [-0.15, -0.1) is 13.2 Å². The predicted molar refractivity (Wildman–Crippen MR) is 67.7 cm³/mol. The fraction of sp³-hybridized carbons (Fsp3) is 0.0714. The first kappa shape index (κ1) is 13.7. The molecule has 0 unspecified atom stereocenters. The number of halogens is 3. The highest BCUT2D eigenvalue weighted by atomic mass is 19.4. The first-order chi connectivity index (χ1) is 9.39. The SMILES string of the molecule is N#Cc1ccc(-c2ccc(OC(F)(F)F)cc2)cc1N. The van der Waals surface area contributed by atoms with Gasteiger partial charge in [0.05, 0.1) is 11.3 Å². The molecule has 20 heavy (non-hydrogen) atoms. The summed E-state index contributed by atoms with van der Waals surface area (Å²) < 4.78 is 39.9. The van der Waals surface area contributed by atoms with Crippen LogP contribution in [-0.2, 0) is 0 Å². The van der Waals surface area contributed by atoms with Gasteiger partial charge in [0.15, 0.2) is 0 Å². The van der Waals surface area contributed by atoms with E-state index in [1.807, 2.05) is 6.07 Å². The Labute approximate surface area is 113 Å². The molecule has 0 bridgehead atoms. The molecule has 0 aliphatic rings. The van der Waals surface area contributed by atoms with Crippen molar-refractivity contribution in [2.75, 3.05) is 5.73 Å². The van der Waals surface area contributed by atoms with Crippen molar-refractivity contribution in [3.05, 3.63) is 48.0 Å². The summed E-state index contributed by atoms with van der Waals surface area (Å²) in [5, 5.41) is 8.77. The molecule has 102 valence electrons. The van der Waals surface area contributed by atoms with Gasteiger partial charge in [-0.3, -0.25) is 0 Å². The zero-order chi connectivity index (χ0) is 14.8. The van der Waals surface area contributed by atoms with Crippen LogP contribution in [0.15, 0.2) is 42.5 Å². The highest BCUT2D eigenvalue weighted by molar-refractivity contribution is 5.71. The number of rotatable bonds is 2. The third kappa shape index (κ3) is 3.20. The van der Waals surface area contributed by atoms with Gasteiger partial charge in [-0.2, -0.15) is 5.26 Å². The van der Waals surface area contributed by atoms with E-state index in [-0.39, 0.29) is 5.75 Å². The van der Waals surface area contributed by atoms with Gasteiger partial charge in [0.2, 0.25) is 0 Å². The lowest BCUT2D eigenvalue weighted by Gasteiger charge is -2.09. The number of nitriles is 1. The second-order valence-corrected chi connectivity index (χ2v) is 3.99. The Hall–Kier alpha value is -2.68. The fourth-order valence-corrected chi connectivity index (χ4v) is 1.69. The van der Waals surface area contributed by atoms with Gasteiger partial charge in [-0.05, 0) is 35.4 Å². The Balaban J connectivity index is 2.26. The first-order valence-electron chi connectivity index (χ1n) is 5.55. The molecule has 0 atom stereocenters. The fourth-order valence-electron chi connectivity index (χ4n) is 1.69. The van der Waals surface area contributed by atoms with Crippen LogP contribution >= 0.6 is 0 Å². The molecular formula is C14H9F3N2O. The van der Waals surface area contributed by atoms with Crippen molar-refractivity contribution in [1.82, 2.24) is 0 Å². The summed E-state index contributed by atoms with van der Waals surface area (Å²) in [6.07, 6.45) is -4.71. The largest absolute Gasteiger partial charge is 0.573 e. The van der Waals surface area contributed by atoms with Crippen LogP contribution < -0.4 is 10.5 Å². The second-order valence-electron chi connectivity index (χ2n) is 3.99. The van der Waals surface area contributed by atoms with Crippen molar-refractivity contribution >= 4 is 5.69 Å². The summed E-state index contributed by atoms with van der Waals surface area (Å²) in [6, 6.07) is 12.2. The van der Waals surface area contributed by atoms with Crippen LogP contribution in [0.4, 0.5) is 18.9 Å². The molecule has 0 spiro atoms. The maximum absolute atomic E-state index is 12.0. The third-order valence-corrected chi connectivity index (χ3v) is 2.59. The molecule has 2 rings (SSSR count). The predicted octanol–water partition coefficient (Wildman–Crippen LogP) is 3.71. The van der Waals surface area contributed by atoms with Crippen molar-refractivity contribution < 1.29 is 17.9 Å². The number of benzene rings is 2. The number of nitrogens with zero attached hydrogens (tertiary/aromatic N) is 1. The molecule has 2 aromatic rings. The van der Waals surface area contributed by atoms with Gasteiger partial charge in [-0.1, -0.05) is 18.2 Å². The summed E-state index contributed by atoms with van der Waals surface area (Å²) in [4.78, 5) is 0. The molecule has 6 heteroatoms. The minimum atomic E-state index is -4.71. The van der Waals surface area contributed by atoms with E-state index >= 15 is 0 Å². The molecule has 0 heterocycles. The summed E-state index contributed by atoms with van der Waals surface area (Å²) in [6.45, 7) is 0. The Morgan fingerprint density at radius 1 is 1.00 bits per heavy atom. The van der Waals surface area contributed by atoms with Crippen LogP contribution in [0, 0.1) is 11.3 Å². The van der Waals surface area contributed by atoms with E-state index in [9.17, 15) is 13.2 Å². The van der Waals surface area contributed by atoms with Crippen molar-refractivity contribution in [2.24, 2.45) is 0 Å². The molecule has 0 aromatic heterocycles. The molecule has 0 saturated carbocycles. The average molecular weight is 278 g/mol. The molecule has 0 radical (unpaired) electrons. The second kappa shape index (κ2) is 5.13. The molecule has 0 saturated heterocycles. The topological polar surface area (TPSA) is 59.0 Å². The summed E-state index contributed by atoms with van der Waals surface area (Å²) in [5.41, 5.74) is 7.74. The normalized spacial score (nSPS) is 10.9. The van der Waals surface area contributed by atoms with E-state index in [0.717, 1.165) is 0 Å². The van der Waals surface area contributed by atoms with Gasteiger partial charge >= 0.3 is 6.36 Å². The van der Waals surface area contributed by atoms with Crippen molar-refractivity contribution in [1.29, 1.82) is 5.26 Å². The van der Waals surface area contributed by atoms with Crippen molar-refractivity contribution in [2.45, 2.75) is 6.36 Å². The number of ether oxygens (including phenoxy) is 1. The Kier molecular flexibility index (Phi) is 3.53. The number of nitrogen functional groups attached to an aromatic ring is 1. The zero-order valence-electron chi connectivity index (χ0n) is 10.1. The van der Waals surface area contributed by atoms with E-state index in [1.54, 1.807) is 18.2 Å². The van der Waals surface area contributed by atoms with Gasteiger partial charge < -0.3 is 10.5 Å². The van der Waals surface area contributed by atoms with E-state index in [2.05, 4.69) is 4.74 Å². The molecule has 2 N–H and O–H groups in total. The quantitative estimate of drug-likeness (QED) is 0.852. The summed E-state index contributed by atoms with van der Waals surface area (Å²) in [7, 11) is 0. The highest BCUT2D eigenvalue weighted by Gasteiger charge is 2.30. The molecular weight excluding hydrogens is 269 g/mol. The zero-order valence-corrected chi connectivity index (χ0v) is 10.1. The van der Waals surface area contributed by atoms with Crippen LogP contribution in [0.25, 0.3) is 11.1 Å². The number of hydrogen-bond donors (Lipinski definition) is 1. The van der Waals surface area contributed by atoms with Gasteiger partial charge in [0, 0.05) is 0 Å². The third-order valence-electron chi connectivity index (χ3n) is 2.59. The molecule has 0 aliphatic carbocycles. The maximum atomic E-state index is 12.0. The first-order valence-corrected chi connectivity index (χ1v) is 5.55. The Morgan fingerprint density at radius 3 is 2.10 bits per heavy atom. The highest BCUT2D eigenvalue weighted by Crippen LogP contribution is 2.28. The van der Waals surface area contributed by atoms with Gasteiger partial charge in [0.25, 0.3) is 0 Å². The maximum Gasteiger partial charge on any atom is 0.573 e. The average Bonchev–Trinajstić information content (AvgIpc) is 2.37. The lowest BCUT2D eigenvalue weighted by atomic mass is 10.0. The summed E-state index contributed by atoms with van der Waals surface area (Å²) in [5.74, 6) is -0.289. The van der Waals surface area contributed by atoms with Crippen LogP contribution in [0.1, 0.15) is 5.56 Å². The van der Waals surface area contributed by atoms with Crippen LogP contribution in [0.2, 0.25) is 0 Å². The monoisotopic (exact) mass is 278 g/mol. The minimum absolute atomic E-state index is 0.289. The minimum Gasteiger partial charge on any atom is -0.406 e. The van der Waals surface area contributed by atoms with E-state index in [4.69, 9.17) is 11.0 Å². The van der Waals surface area contributed by atoms with Gasteiger partial charge in [0.1, 0.15) is 11.8 Å². The number of anilines is 1. The molecule has 3 nitrogen and oxygen atoms in total. The molecule has 0 aliphatic heterocycles. The Morgan fingerprint density at radius 2 is 1.60 bits per heavy atom. The van der Waals surface area contributed by atoms with Crippen LogP contribution in [0.5, 0.6) is 5.75 Å². The van der Waals surface area contributed by atoms with Gasteiger partial charge in [-0.25, -0.2) is 0 Å². The number of hydrogen-bond acceptors (Lipinski definition) is 3. The Bertz CT molecular complexity index is 658. The lowest BCUT2D eigenvalue weighted by molar-refractivity contribution is -0.274. The standard InChI is InChI=1S/C14H9F3N2O/c15-14(16,17)20-12-5-3-9(4-6-12)10-1-2-11(8-18)13(19)7-10/h1-7H,19H2. The van der Waals surface area contributed by atoms with E-state index in [0.29, 0.717) is 22.4 Å². The number of alkyl halides is 3. The van der Waals surface area contributed by atoms with Crippen molar-refractivity contribution in [3.63, 3.8) is 0 Å². The smallest absolute Gasteiger partial charge is 0.406 e. The van der Waals surface area contributed by atoms with Crippen LogP contribution in [0.3, 0.4) is 0 Å². The molecule has 0 amide bonds. The van der Waals surface area contributed by atoms with Crippen molar-refractivity contribution in [3.8, 4) is 22.9 Å². The molecule has 0 fully saturated rings. The van der Waals surface area contributed by atoms with Crippen LogP contribution in [-0.4, -0.2) is 6.36 Å². The summed E-state index contributed by atoms with van der Waals surface area (Å²) >= 11 is 0. The number of nitrogens with two attached hydrogens (primary N) is 1. The van der Waals surface area contributed by atoms with E-state index in [1.165, 1.54) is 24.3 Å². The molecule has 2 aromatic carbocycles.